The Morgan fingerprint density at radius 1 is 1.18 bits per heavy atom. The molecule has 2 rings (SSSR count). The van der Waals surface area contributed by atoms with E-state index in [1.165, 1.54) is 12.1 Å². The third kappa shape index (κ3) is 5.61. The number of rotatable bonds is 6. The first-order valence-corrected chi connectivity index (χ1v) is 8.91. The molecule has 0 atom stereocenters. The molecule has 0 aromatic heterocycles. The minimum atomic E-state index is -0.223. The zero-order chi connectivity index (χ0) is 15.9. The number of thioether (sulfide) groups is 1. The fourth-order valence-electron chi connectivity index (χ4n) is 2.64. The Balaban J connectivity index is 1.67. The van der Waals surface area contributed by atoms with Crippen LogP contribution in [0.25, 0.3) is 0 Å². The first-order valence-electron chi connectivity index (χ1n) is 7.93. The fraction of sp³-hybridized carbons (Fsp3) is 0.588. The first-order chi connectivity index (χ1) is 10.5. The minimum absolute atomic E-state index is 0.223. The van der Waals surface area contributed by atoms with E-state index in [4.69, 9.17) is 0 Å². The summed E-state index contributed by atoms with van der Waals surface area (Å²) in [6.07, 6.45) is 0.548. The van der Waals surface area contributed by atoms with Gasteiger partial charge in [0.1, 0.15) is 5.82 Å². The van der Waals surface area contributed by atoms with Crippen LogP contribution in [0.3, 0.4) is 0 Å². The van der Waals surface area contributed by atoms with Crippen molar-refractivity contribution >= 4 is 17.7 Å². The summed E-state index contributed by atoms with van der Waals surface area (Å²) in [5.74, 6) is 1.43. The van der Waals surface area contributed by atoms with Crippen molar-refractivity contribution in [3.8, 4) is 0 Å². The lowest BCUT2D eigenvalue weighted by Gasteiger charge is -2.35. The van der Waals surface area contributed by atoms with Gasteiger partial charge in [0.2, 0.25) is 5.91 Å². The second kappa shape index (κ2) is 8.53. The Hall–Kier alpha value is -1.07. The molecule has 0 bridgehead atoms. The van der Waals surface area contributed by atoms with E-state index in [1.807, 2.05) is 4.90 Å². The SMILES string of the molecule is CC(C)CN1CCN(C(=O)CCSc2ccc(F)cc2)CC1. The monoisotopic (exact) mass is 324 g/mol. The van der Waals surface area contributed by atoms with E-state index in [1.54, 1.807) is 23.9 Å². The average molecular weight is 324 g/mol. The van der Waals surface area contributed by atoms with Gasteiger partial charge >= 0.3 is 0 Å². The second-order valence-corrected chi connectivity index (χ2v) is 7.30. The number of halogens is 1. The molecule has 0 saturated carbocycles. The minimum Gasteiger partial charge on any atom is -0.340 e. The zero-order valence-corrected chi connectivity index (χ0v) is 14.2. The van der Waals surface area contributed by atoms with Crippen LogP contribution >= 0.6 is 11.8 Å². The molecule has 0 N–H and O–H groups in total. The largest absolute Gasteiger partial charge is 0.340 e. The molecule has 1 amide bonds. The number of carbonyl (C=O) groups excluding carboxylic acids is 1. The normalized spacial score (nSPS) is 16.3. The van der Waals surface area contributed by atoms with Crippen LogP contribution in [0.5, 0.6) is 0 Å². The van der Waals surface area contributed by atoms with Gasteiger partial charge in [-0.3, -0.25) is 9.69 Å². The predicted octanol–water partition coefficient (Wildman–Crippen LogP) is 3.11. The molecule has 0 aliphatic carbocycles. The van der Waals surface area contributed by atoms with Crippen molar-refractivity contribution in [3.63, 3.8) is 0 Å². The third-order valence-corrected chi connectivity index (χ3v) is 4.76. The lowest BCUT2D eigenvalue weighted by molar-refractivity contribution is -0.132. The van der Waals surface area contributed by atoms with Crippen LogP contribution in [0, 0.1) is 11.7 Å². The summed E-state index contributed by atoms with van der Waals surface area (Å²) >= 11 is 1.61. The number of hydrogen-bond donors (Lipinski definition) is 0. The molecule has 1 fully saturated rings. The van der Waals surface area contributed by atoms with E-state index >= 15 is 0 Å². The molecule has 3 nitrogen and oxygen atoms in total. The van der Waals surface area contributed by atoms with Crippen LogP contribution in [0.2, 0.25) is 0 Å². The summed E-state index contributed by atoms with van der Waals surface area (Å²) in [5.41, 5.74) is 0. The summed E-state index contributed by atoms with van der Waals surface area (Å²) in [4.78, 5) is 17.6. The average Bonchev–Trinajstić information content (AvgIpc) is 2.49. The third-order valence-electron chi connectivity index (χ3n) is 3.75. The van der Waals surface area contributed by atoms with Crippen molar-refractivity contribution in [1.82, 2.24) is 9.80 Å². The van der Waals surface area contributed by atoms with E-state index in [0.29, 0.717) is 12.3 Å². The number of amides is 1. The molecule has 1 aromatic rings. The fourth-order valence-corrected chi connectivity index (χ4v) is 3.48. The molecule has 0 radical (unpaired) electrons. The van der Waals surface area contributed by atoms with Gasteiger partial charge in [-0.25, -0.2) is 4.39 Å². The highest BCUT2D eigenvalue weighted by Gasteiger charge is 2.20. The van der Waals surface area contributed by atoms with Crippen LogP contribution in [-0.4, -0.2) is 54.2 Å². The van der Waals surface area contributed by atoms with Gasteiger partial charge in [-0.15, -0.1) is 11.8 Å². The Labute approximate surface area is 136 Å². The first kappa shape index (κ1) is 17.3. The summed E-state index contributed by atoms with van der Waals surface area (Å²) in [6.45, 7) is 9.21. The molecule has 22 heavy (non-hydrogen) atoms. The van der Waals surface area contributed by atoms with Gasteiger partial charge in [0.05, 0.1) is 0 Å². The standard InChI is InChI=1S/C17H25FN2OS/c1-14(2)13-19-8-10-20(11-9-19)17(21)7-12-22-16-5-3-15(18)4-6-16/h3-6,14H,7-13H2,1-2H3. The van der Waals surface area contributed by atoms with E-state index in [2.05, 4.69) is 18.7 Å². The topological polar surface area (TPSA) is 23.6 Å². The Morgan fingerprint density at radius 2 is 1.82 bits per heavy atom. The molecule has 1 heterocycles. The highest BCUT2D eigenvalue weighted by molar-refractivity contribution is 7.99. The van der Waals surface area contributed by atoms with E-state index in [-0.39, 0.29) is 11.7 Å². The zero-order valence-electron chi connectivity index (χ0n) is 13.4. The van der Waals surface area contributed by atoms with Gasteiger partial charge in [0.15, 0.2) is 0 Å². The molecule has 1 aromatic carbocycles. The van der Waals surface area contributed by atoms with Crippen LogP contribution in [0.4, 0.5) is 4.39 Å². The molecular weight excluding hydrogens is 299 g/mol. The predicted molar refractivity (Wildman–Crippen MR) is 89.6 cm³/mol. The number of hydrogen-bond acceptors (Lipinski definition) is 3. The molecule has 1 saturated heterocycles. The molecular formula is C17H25FN2OS. The smallest absolute Gasteiger partial charge is 0.223 e. The number of piperazine rings is 1. The maximum Gasteiger partial charge on any atom is 0.223 e. The molecule has 5 heteroatoms. The van der Waals surface area contributed by atoms with E-state index < -0.39 is 0 Å². The molecule has 0 unspecified atom stereocenters. The second-order valence-electron chi connectivity index (χ2n) is 6.13. The van der Waals surface area contributed by atoms with Crippen LogP contribution < -0.4 is 0 Å². The molecule has 1 aliphatic heterocycles. The van der Waals surface area contributed by atoms with Crippen LogP contribution in [-0.2, 0) is 4.79 Å². The van der Waals surface area contributed by atoms with Crippen molar-refractivity contribution < 1.29 is 9.18 Å². The highest BCUT2D eigenvalue weighted by Crippen LogP contribution is 2.19. The maximum atomic E-state index is 12.8. The summed E-state index contributed by atoms with van der Waals surface area (Å²) in [5, 5.41) is 0. The van der Waals surface area contributed by atoms with Crippen LogP contribution in [0.1, 0.15) is 20.3 Å². The summed E-state index contributed by atoms with van der Waals surface area (Å²) in [6, 6.07) is 6.43. The van der Waals surface area contributed by atoms with Gasteiger partial charge < -0.3 is 4.90 Å². The molecule has 0 spiro atoms. The van der Waals surface area contributed by atoms with Crippen molar-refractivity contribution in [3.05, 3.63) is 30.1 Å². The number of benzene rings is 1. The Bertz CT molecular complexity index is 470. The van der Waals surface area contributed by atoms with Gasteiger partial charge in [0, 0.05) is 49.8 Å². The van der Waals surface area contributed by atoms with Gasteiger partial charge in [-0.05, 0) is 30.2 Å². The van der Waals surface area contributed by atoms with Crippen molar-refractivity contribution in [2.24, 2.45) is 5.92 Å². The van der Waals surface area contributed by atoms with Crippen molar-refractivity contribution in [2.45, 2.75) is 25.2 Å². The van der Waals surface area contributed by atoms with Crippen molar-refractivity contribution in [2.75, 3.05) is 38.5 Å². The number of nitrogens with zero attached hydrogens (tertiary/aromatic N) is 2. The summed E-state index contributed by atoms with van der Waals surface area (Å²) < 4.78 is 12.8. The van der Waals surface area contributed by atoms with Gasteiger partial charge in [-0.1, -0.05) is 13.8 Å². The lowest BCUT2D eigenvalue weighted by Crippen LogP contribution is -2.49. The van der Waals surface area contributed by atoms with E-state index in [0.717, 1.165) is 43.4 Å². The van der Waals surface area contributed by atoms with Crippen molar-refractivity contribution in [1.29, 1.82) is 0 Å². The quantitative estimate of drug-likeness (QED) is 0.751. The van der Waals surface area contributed by atoms with Gasteiger partial charge in [-0.2, -0.15) is 0 Å². The molecule has 122 valence electrons. The number of carbonyl (C=O) groups is 1. The maximum absolute atomic E-state index is 12.8. The van der Waals surface area contributed by atoms with Gasteiger partial charge in [0.25, 0.3) is 0 Å². The summed E-state index contributed by atoms with van der Waals surface area (Å²) in [7, 11) is 0. The Kier molecular flexibility index (Phi) is 6.70. The van der Waals surface area contributed by atoms with E-state index in [9.17, 15) is 9.18 Å². The highest BCUT2D eigenvalue weighted by atomic mass is 32.2. The lowest BCUT2D eigenvalue weighted by atomic mass is 10.2. The molecule has 1 aliphatic rings. The Morgan fingerprint density at radius 3 is 2.41 bits per heavy atom. The van der Waals surface area contributed by atoms with Crippen LogP contribution in [0.15, 0.2) is 29.2 Å².